The number of amides is 1. The van der Waals surface area contributed by atoms with Gasteiger partial charge in [0.1, 0.15) is 16.4 Å². The molecule has 0 bridgehead atoms. The molecular formula is C24H23ClN4O4S. The van der Waals surface area contributed by atoms with Crippen molar-refractivity contribution in [3.05, 3.63) is 85.2 Å². The van der Waals surface area contributed by atoms with Gasteiger partial charge in [0, 0.05) is 28.8 Å². The second-order valence-electron chi connectivity index (χ2n) is 7.56. The highest BCUT2D eigenvalue weighted by Crippen LogP contribution is 2.30. The first-order chi connectivity index (χ1) is 16.3. The monoisotopic (exact) mass is 498 g/mol. The van der Waals surface area contributed by atoms with Gasteiger partial charge in [0.25, 0.3) is 11.5 Å². The Bertz CT molecular complexity index is 1420. The van der Waals surface area contributed by atoms with Crippen molar-refractivity contribution in [3.63, 3.8) is 0 Å². The first kappa shape index (κ1) is 23.6. The molecule has 0 aliphatic rings. The van der Waals surface area contributed by atoms with Crippen LogP contribution in [0.4, 0.5) is 5.69 Å². The number of hydrogen-bond donors (Lipinski definition) is 2. The Morgan fingerprint density at radius 3 is 2.65 bits per heavy atom. The lowest BCUT2D eigenvalue weighted by molar-refractivity contribution is 0.102. The first-order valence-electron chi connectivity index (χ1n) is 10.4. The minimum atomic E-state index is -0.350. The van der Waals surface area contributed by atoms with Crippen molar-refractivity contribution in [2.75, 3.05) is 19.5 Å². The van der Waals surface area contributed by atoms with E-state index in [2.05, 4.69) is 15.4 Å². The summed E-state index contributed by atoms with van der Waals surface area (Å²) in [6, 6.07) is 12.5. The van der Waals surface area contributed by atoms with E-state index in [0.717, 1.165) is 16.9 Å². The van der Waals surface area contributed by atoms with E-state index >= 15 is 0 Å². The fourth-order valence-corrected chi connectivity index (χ4v) is 4.65. The molecule has 0 saturated carbocycles. The summed E-state index contributed by atoms with van der Waals surface area (Å²) in [5, 5.41) is 6.90. The molecule has 34 heavy (non-hydrogen) atoms. The van der Waals surface area contributed by atoms with Crippen LogP contribution in [0.25, 0.3) is 5.13 Å². The van der Waals surface area contributed by atoms with Crippen LogP contribution in [0.2, 0.25) is 5.02 Å². The van der Waals surface area contributed by atoms with Crippen molar-refractivity contribution in [1.82, 2.24) is 14.8 Å². The second kappa shape index (κ2) is 9.74. The van der Waals surface area contributed by atoms with Gasteiger partial charge in [0.2, 0.25) is 5.13 Å². The van der Waals surface area contributed by atoms with Gasteiger partial charge in [0.05, 0.1) is 25.6 Å². The third-order valence-corrected chi connectivity index (χ3v) is 6.87. The molecule has 0 unspecified atom stereocenters. The van der Waals surface area contributed by atoms with Crippen molar-refractivity contribution in [1.29, 1.82) is 0 Å². The number of rotatable bonds is 7. The maximum atomic E-state index is 13.2. The fourth-order valence-electron chi connectivity index (χ4n) is 3.53. The smallest absolute Gasteiger partial charge is 0.277 e. The number of thiazole rings is 1. The predicted octanol–water partition coefficient (Wildman–Crippen LogP) is 4.75. The molecule has 2 N–H and O–H groups in total. The van der Waals surface area contributed by atoms with Gasteiger partial charge in [-0.3, -0.25) is 14.7 Å². The third-order valence-electron chi connectivity index (χ3n) is 5.36. The predicted molar refractivity (Wildman–Crippen MR) is 133 cm³/mol. The van der Waals surface area contributed by atoms with Gasteiger partial charge in [-0.05, 0) is 37.6 Å². The highest BCUT2D eigenvalue weighted by Gasteiger charge is 2.21. The van der Waals surface area contributed by atoms with Gasteiger partial charge >= 0.3 is 0 Å². The number of nitrogens with one attached hydrogen (secondary N) is 2. The van der Waals surface area contributed by atoms with E-state index in [1.807, 2.05) is 25.1 Å². The van der Waals surface area contributed by atoms with Crippen molar-refractivity contribution in [2.45, 2.75) is 20.3 Å². The van der Waals surface area contributed by atoms with Crippen molar-refractivity contribution >= 4 is 34.5 Å². The average Bonchev–Trinajstić information content (AvgIpc) is 3.35. The SMILES string of the molecule is COc1ccc(NC(=O)c2sc(-n3[nH]c(C)c(Cc4ccccc4Cl)c3=O)nc2C)c(OC)c1. The van der Waals surface area contributed by atoms with Crippen molar-refractivity contribution < 1.29 is 14.3 Å². The molecule has 0 fully saturated rings. The zero-order chi connectivity index (χ0) is 24.4. The van der Waals surface area contributed by atoms with E-state index in [9.17, 15) is 9.59 Å². The van der Waals surface area contributed by atoms with Crippen LogP contribution in [0.15, 0.2) is 47.3 Å². The fraction of sp³-hybridized carbons (Fsp3) is 0.208. The van der Waals surface area contributed by atoms with Crippen LogP contribution in [0.1, 0.15) is 32.2 Å². The van der Waals surface area contributed by atoms with E-state index in [-0.39, 0.29) is 11.5 Å². The van der Waals surface area contributed by atoms with E-state index < -0.39 is 0 Å². The van der Waals surface area contributed by atoms with Crippen LogP contribution < -0.4 is 20.3 Å². The van der Waals surface area contributed by atoms with Crippen LogP contribution in [0, 0.1) is 13.8 Å². The minimum absolute atomic E-state index is 0.227. The maximum absolute atomic E-state index is 13.2. The lowest BCUT2D eigenvalue weighted by Crippen LogP contribution is -2.17. The molecule has 0 aliphatic carbocycles. The Hall–Kier alpha value is -3.56. The third kappa shape index (κ3) is 4.57. The number of methoxy groups -OCH3 is 2. The van der Waals surface area contributed by atoms with Crippen LogP contribution in [0.5, 0.6) is 11.5 Å². The zero-order valence-corrected chi connectivity index (χ0v) is 20.6. The quantitative estimate of drug-likeness (QED) is 0.383. The maximum Gasteiger partial charge on any atom is 0.277 e. The Balaban J connectivity index is 1.62. The van der Waals surface area contributed by atoms with Gasteiger partial charge in [0.15, 0.2) is 0 Å². The molecule has 2 heterocycles. The van der Waals surface area contributed by atoms with Crippen molar-refractivity contribution in [3.8, 4) is 16.6 Å². The molecule has 176 valence electrons. The van der Waals surface area contributed by atoms with Gasteiger partial charge in [-0.1, -0.05) is 41.1 Å². The average molecular weight is 499 g/mol. The standard InChI is InChI=1S/C24H23ClN4O4S/c1-13-17(11-15-7-5-6-8-18(15)25)23(31)29(28-13)24-26-14(2)21(34-24)22(30)27-19-10-9-16(32-3)12-20(19)33-4/h5-10,12,28H,11H2,1-4H3,(H,27,30). The number of aromatic nitrogens is 3. The summed E-state index contributed by atoms with van der Waals surface area (Å²) >= 11 is 7.40. The van der Waals surface area contributed by atoms with Crippen molar-refractivity contribution in [2.24, 2.45) is 0 Å². The summed E-state index contributed by atoms with van der Waals surface area (Å²) in [6.45, 7) is 3.56. The number of halogens is 1. The van der Waals surface area contributed by atoms with E-state index in [0.29, 0.717) is 55.6 Å². The number of hydrogen-bond acceptors (Lipinski definition) is 6. The molecule has 0 atom stereocenters. The van der Waals surface area contributed by atoms with E-state index in [1.54, 1.807) is 38.3 Å². The Labute approximate surface area is 205 Å². The molecule has 0 radical (unpaired) electrons. The Kier molecular flexibility index (Phi) is 6.76. The molecule has 1 amide bonds. The number of benzene rings is 2. The molecule has 2 aromatic heterocycles. The second-order valence-corrected chi connectivity index (χ2v) is 8.94. The Morgan fingerprint density at radius 1 is 1.18 bits per heavy atom. The number of ether oxygens (including phenoxy) is 2. The summed E-state index contributed by atoms with van der Waals surface area (Å²) in [5.41, 5.74) is 2.95. The largest absolute Gasteiger partial charge is 0.497 e. The lowest BCUT2D eigenvalue weighted by Gasteiger charge is -2.11. The number of carbonyl (C=O) groups is 1. The zero-order valence-electron chi connectivity index (χ0n) is 19.1. The summed E-state index contributed by atoms with van der Waals surface area (Å²) in [7, 11) is 3.07. The summed E-state index contributed by atoms with van der Waals surface area (Å²) in [4.78, 5) is 31.0. The normalized spacial score (nSPS) is 10.9. The highest BCUT2D eigenvalue weighted by atomic mass is 35.5. The molecule has 4 aromatic rings. The molecule has 2 aromatic carbocycles. The van der Waals surface area contributed by atoms with Gasteiger partial charge in [-0.2, -0.15) is 4.68 Å². The van der Waals surface area contributed by atoms with Crippen LogP contribution in [0.3, 0.4) is 0 Å². The Morgan fingerprint density at radius 2 is 1.94 bits per heavy atom. The van der Waals surface area contributed by atoms with Crippen LogP contribution >= 0.6 is 22.9 Å². The first-order valence-corrected chi connectivity index (χ1v) is 11.6. The number of aryl methyl sites for hydroxylation is 2. The lowest BCUT2D eigenvalue weighted by atomic mass is 10.1. The van der Waals surface area contributed by atoms with Crippen LogP contribution in [-0.2, 0) is 6.42 Å². The molecule has 4 rings (SSSR count). The van der Waals surface area contributed by atoms with Gasteiger partial charge in [-0.15, -0.1) is 0 Å². The molecule has 10 heteroatoms. The summed E-state index contributed by atoms with van der Waals surface area (Å²) in [6.07, 6.45) is 0.392. The minimum Gasteiger partial charge on any atom is -0.497 e. The number of carbonyl (C=O) groups excluding carboxylic acids is 1. The summed E-state index contributed by atoms with van der Waals surface area (Å²) < 4.78 is 11.9. The number of H-pyrrole nitrogens is 1. The summed E-state index contributed by atoms with van der Waals surface area (Å²) in [5.74, 6) is 0.730. The van der Waals surface area contributed by atoms with Gasteiger partial charge in [-0.25, -0.2) is 4.98 Å². The van der Waals surface area contributed by atoms with Crippen LogP contribution in [-0.4, -0.2) is 34.9 Å². The van der Waals surface area contributed by atoms with E-state index in [4.69, 9.17) is 21.1 Å². The molecule has 0 saturated heterocycles. The van der Waals surface area contributed by atoms with Gasteiger partial charge < -0.3 is 14.8 Å². The number of nitrogens with zero attached hydrogens (tertiary/aromatic N) is 2. The van der Waals surface area contributed by atoms with E-state index in [1.165, 1.54) is 11.8 Å². The number of aromatic amines is 1. The number of anilines is 1. The highest BCUT2D eigenvalue weighted by molar-refractivity contribution is 7.16. The molecular weight excluding hydrogens is 476 g/mol. The molecule has 8 nitrogen and oxygen atoms in total. The topological polar surface area (TPSA) is 98.2 Å². The molecule has 0 spiro atoms. The molecule has 0 aliphatic heterocycles.